The lowest BCUT2D eigenvalue weighted by atomic mass is 10.0. The summed E-state index contributed by atoms with van der Waals surface area (Å²) in [7, 11) is 0. The predicted octanol–water partition coefficient (Wildman–Crippen LogP) is 4.55. The molecule has 0 saturated heterocycles. The predicted molar refractivity (Wildman–Crippen MR) is 110 cm³/mol. The minimum Gasteiger partial charge on any atom is -0.457 e. The number of anilines is 1. The van der Waals surface area contributed by atoms with Crippen LogP contribution in [0, 0.1) is 0 Å². The SMILES string of the molecule is CC(C)n1cc(-c2ccc(Oc3ccccc3)c(CO)c2)c2c(N)ncnc21. The number of aliphatic hydroxyl groups is 1. The fourth-order valence-electron chi connectivity index (χ4n) is 3.31. The van der Waals surface area contributed by atoms with Crippen LogP contribution in [0.1, 0.15) is 25.5 Å². The van der Waals surface area contributed by atoms with Crippen LogP contribution in [0.15, 0.2) is 61.1 Å². The first-order valence-corrected chi connectivity index (χ1v) is 9.16. The molecule has 4 rings (SSSR count). The number of hydrogen-bond acceptors (Lipinski definition) is 5. The second-order valence-corrected chi connectivity index (χ2v) is 6.90. The number of hydrogen-bond donors (Lipinski definition) is 2. The van der Waals surface area contributed by atoms with Gasteiger partial charge in [0.2, 0.25) is 0 Å². The van der Waals surface area contributed by atoms with E-state index in [0.717, 1.165) is 27.9 Å². The summed E-state index contributed by atoms with van der Waals surface area (Å²) in [6, 6.07) is 15.5. The number of aliphatic hydroxyl groups excluding tert-OH is 1. The number of nitrogens with zero attached hydrogens (tertiary/aromatic N) is 3. The second-order valence-electron chi connectivity index (χ2n) is 6.90. The molecule has 0 atom stereocenters. The van der Waals surface area contributed by atoms with E-state index in [1.807, 2.05) is 54.7 Å². The number of ether oxygens (including phenoxy) is 1. The molecule has 0 radical (unpaired) electrons. The summed E-state index contributed by atoms with van der Waals surface area (Å²) in [6.07, 6.45) is 3.52. The summed E-state index contributed by atoms with van der Waals surface area (Å²) in [5, 5.41) is 10.7. The van der Waals surface area contributed by atoms with Crippen molar-refractivity contribution in [2.24, 2.45) is 0 Å². The van der Waals surface area contributed by atoms with Crippen molar-refractivity contribution in [2.45, 2.75) is 26.5 Å². The molecule has 0 aliphatic carbocycles. The molecule has 6 nitrogen and oxygen atoms in total. The van der Waals surface area contributed by atoms with Gasteiger partial charge in [-0.15, -0.1) is 0 Å². The van der Waals surface area contributed by atoms with Gasteiger partial charge in [0, 0.05) is 23.4 Å². The van der Waals surface area contributed by atoms with Crippen LogP contribution in [0.3, 0.4) is 0 Å². The molecule has 0 amide bonds. The van der Waals surface area contributed by atoms with Crippen LogP contribution in [0.5, 0.6) is 11.5 Å². The molecule has 0 unspecified atom stereocenters. The van der Waals surface area contributed by atoms with E-state index in [4.69, 9.17) is 10.5 Å². The molecule has 0 aliphatic heterocycles. The molecule has 2 aromatic carbocycles. The van der Waals surface area contributed by atoms with Gasteiger partial charge in [-0.3, -0.25) is 0 Å². The third-order valence-electron chi connectivity index (χ3n) is 4.71. The summed E-state index contributed by atoms with van der Waals surface area (Å²) in [5.74, 6) is 1.78. The molecule has 0 bridgehead atoms. The van der Waals surface area contributed by atoms with Gasteiger partial charge >= 0.3 is 0 Å². The number of rotatable bonds is 5. The van der Waals surface area contributed by atoms with E-state index < -0.39 is 0 Å². The molecule has 2 heterocycles. The number of fused-ring (bicyclic) bond motifs is 1. The normalized spacial score (nSPS) is 11.3. The molecule has 3 N–H and O–H groups in total. The zero-order valence-electron chi connectivity index (χ0n) is 15.8. The fourth-order valence-corrected chi connectivity index (χ4v) is 3.31. The van der Waals surface area contributed by atoms with Crippen LogP contribution in [-0.4, -0.2) is 19.6 Å². The highest BCUT2D eigenvalue weighted by Gasteiger charge is 2.17. The van der Waals surface area contributed by atoms with Gasteiger partial charge in [-0.25, -0.2) is 9.97 Å². The maximum atomic E-state index is 9.89. The topological polar surface area (TPSA) is 86.2 Å². The number of nitrogen functional groups attached to an aromatic ring is 1. The molecule has 0 fully saturated rings. The van der Waals surface area contributed by atoms with Gasteiger partial charge in [-0.1, -0.05) is 24.3 Å². The largest absolute Gasteiger partial charge is 0.457 e. The molecule has 4 aromatic rings. The Labute approximate surface area is 163 Å². The van der Waals surface area contributed by atoms with Gasteiger partial charge < -0.3 is 20.1 Å². The van der Waals surface area contributed by atoms with Crippen molar-refractivity contribution in [1.29, 1.82) is 0 Å². The van der Waals surface area contributed by atoms with E-state index in [1.54, 1.807) is 0 Å². The lowest BCUT2D eigenvalue weighted by Crippen LogP contribution is -2.00. The minimum absolute atomic E-state index is 0.134. The molecule has 0 saturated carbocycles. The van der Waals surface area contributed by atoms with E-state index in [2.05, 4.69) is 28.4 Å². The van der Waals surface area contributed by atoms with Crippen molar-refractivity contribution in [2.75, 3.05) is 5.73 Å². The highest BCUT2D eigenvalue weighted by atomic mass is 16.5. The Morgan fingerprint density at radius 3 is 2.61 bits per heavy atom. The maximum Gasteiger partial charge on any atom is 0.146 e. The summed E-state index contributed by atoms with van der Waals surface area (Å²) in [5.41, 5.74) is 9.53. The molecular formula is C22H22N4O2. The third kappa shape index (κ3) is 3.18. The lowest BCUT2D eigenvalue weighted by Gasteiger charge is -2.11. The van der Waals surface area contributed by atoms with E-state index in [-0.39, 0.29) is 12.6 Å². The Kier molecular flexibility index (Phi) is 4.71. The number of para-hydroxylation sites is 1. The highest BCUT2D eigenvalue weighted by molar-refractivity contribution is 6.00. The second kappa shape index (κ2) is 7.32. The van der Waals surface area contributed by atoms with Gasteiger partial charge in [0.1, 0.15) is 29.3 Å². The first-order chi connectivity index (χ1) is 13.6. The van der Waals surface area contributed by atoms with Crippen LogP contribution in [0.4, 0.5) is 5.82 Å². The fraction of sp³-hybridized carbons (Fsp3) is 0.182. The Morgan fingerprint density at radius 2 is 1.89 bits per heavy atom. The molecular weight excluding hydrogens is 352 g/mol. The molecule has 2 aromatic heterocycles. The summed E-state index contributed by atoms with van der Waals surface area (Å²) < 4.78 is 8.01. The first-order valence-electron chi connectivity index (χ1n) is 9.16. The van der Waals surface area contributed by atoms with E-state index >= 15 is 0 Å². The summed E-state index contributed by atoms with van der Waals surface area (Å²) in [4.78, 5) is 8.58. The van der Waals surface area contributed by atoms with Gasteiger partial charge in [0.25, 0.3) is 0 Å². The molecule has 0 aliphatic rings. The Morgan fingerprint density at radius 1 is 1.11 bits per heavy atom. The lowest BCUT2D eigenvalue weighted by molar-refractivity contribution is 0.276. The summed E-state index contributed by atoms with van der Waals surface area (Å²) >= 11 is 0. The number of nitrogens with two attached hydrogens (primary N) is 1. The molecule has 142 valence electrons. The van der Waals surface area contributed by atoms with Gasteiger partial charge in [-0.05, 0) is 43.7 Å². The molecule has 0 spiro atoms. The maximum absolute atomic E-state index is 9.89. The molecule has 28 heavy (non-hydrogen) atoms. The van der Waals surface area contributed by atoms with E-state index in [1.165, 1.54) is 6.33 Å². The zero-order chi connectivity index (χ0) is 19.7. The van der Waals surface area contributed by atoms with E-state index in [9.17, 15) is 5.11 Å². The van der Waals surface area contributed by atoms with Crippen LogP contribution in [0.2, 0.25) is 0 Å². The monoisotopic (exact) mass is 374 g/mol. The summed E-state index contributed by atoms with van der Waals surface area (Å²) in [6.45, 7) is 4.06. The molecule has 6 heteroatoms. The average Bonchev–Trinajstić information content (AvgIpc) is 3.10. The quantitative estimate of drug-likeness (QED) is 0.535. The highest BCUT2D eigenvalue weighted by Crippen LogP contribution is 2.36. The van der Waals surface area contributed by atoms with Gasteiger partial charge in [0.15, 0.2) is 0 Å². The zero-order valence-corrected chi connectivity index (χ0v) is 15.8. The van der Waals surface area contributed by atoms with Crippen LogP contribution in [-0.2, 0) is 6.61 Å². The Hall–Kier alpha value is -3.38. The van der Waals surface area contributed by atoms with Crippen molar-refractivity contribution in [3.05, 3.63) is 66.6 Å². The van der Waals surface area contributed by atoms with Crippen molar-refractivity contribution >= 4 is 16.9 Å². The Bertz CT molecular complexity index is 1120. The standard InChI is InChI=1S/C22H22N4O2/c1-14(2)26-11-18(20-21(23)24-13-25-22(20)26)15-8-9-19(16(10-15)12-27)28-17-6-4-3-5-7-17/h3-11,13-14,27H,12H2,1-2H3,(H2,23,24,25). The van der Waals surface area contributed by atoms with Gasteiger partial charge in [0.05, 0.1) is 12.0 Å². The number of aromatic nitrogens is 3. The minimum atomic E-state index is -0.134. The average molecular weight is 374 g/mol. The first kappa shape index (κ1) is 18.0. The van der Waals surface area contributed by atoms with Crippen molar-refractivity contribution < 1.29 is 9.84 Å². The van der Waals surface area contributed by atoms with Crippen LogP contribution >= 0.6 is 0 Å². The van der Waals surface area contributed by atoms with Gasteiger partial charge in [-0.2, -0.15) is 0 Å². The smallest absolute Gasteiger partial charge is 0.146 e. The van der Waals surface area contributed by atoms with Crippen molar-refractivity contribution in [3.63, 3.8) is 0 Å². The number of benzene rings is 2. The third-order valence-corrected chi connectivity index (χ3v) is 4.71. The van der Waals surface area contributed by atoms with Crippen molar-refractivity contribution in [3.8, 4) is 22.6 Å². The van der Waals surface area contributed by atoms with E-state index in [0.29, 0.717) is 17.1 Å². The Balaban J connectivity index is 1.82. The van der Waals surface area contributed by atoms with Crippen molar-refractivity contribution in [1.82, 2.24) is 14.5 Å². The van der Waals surface area contributed by atoms with Crippen LogP contribution < -0.4 is 10.5 Å². The van der Waals surface area contributed by atoms with Crippen LogP contribution in [0.25, 0.3) is 22.2 Å².